The van der Waals surface area contributed by atoms with Gasteiger partial charge in [-0.15, -0.1) is 0 Å². The molecule has 0 aliphatic heterocycles. The molecule has 4 heteroatoms. The molecular formula is C15H24N2OS. The number of amides is 1. The molecule has 3 nitrogen and oxygen atoms in total. The van der Waals surface area contributed by atoms with Crippen LogP contribution in [0.25, 0.3) is 0 Å². The van der Waals surface area contributed by atoms with Crippen molar-refractivity contribution in [2.45, 2.75) is 33.4 Å². The molecule has 1 aromatic carbocycles. The van der Waals surface area contributed by atoms with Gasteiger partial charge in [0.15, 0.2) is 0 Å². The summed E-state index contributed by atoms with van der Waals surface area (Å²) in [5.41, 5.74) is 2.09. The second-order valence-corrected chi connectivity index (χ2v) is 6.12. The van der Waals surface area contributed by atoms with Crippen molar-refractivity contribution in [2.24, 2.45) is 0 Å². The van der Waals surface area contributed by atoms with Crippen LogP contribution in [0.5, 0.6) is 0 Å². The SMILES string of the molecule is CCSC[C@H](C)N(C)Cc1cccc(NC(C)=O)c1. The zero-order valence-corrected chi connectivity index (χ0v) is 13.1. The van der Waals surface area contributed by atoms with E-state index >= 15 is 0 Å². The summed E-state index contributed by atoms with van der Waals surface area (Å²) in [6, 6.07) is 8.59. The molecule has 0 bridgehead atoms. The minimum Gasteiger partial charge on any atom is -0.326 e. The van der Waals surface area contributed by atoms with Gasteiger partial charge >= 0.3 is 0 Å². The van der Waals surface area contributed by atoms with E-state index in [1.807, 2.05) is 30.0 Å². The molecule has 1 amide bonds. The maximum Gasteiger partial charge on any atom is 0.221 e. The van der Waals surface area contributed by atoms with Crippen molar-refractivity contribution in [3.63, 3.8) is 0 Å². The Bertz CT molecular complexity index is 409. The van der Waals surface area contributed by atoms with Gasteiger partial charge in [-0.05, 0) is 37.4 Å². The summed E-state index contributed by atoms with van der Waals surface area (Å²) in [4.78, 5) is 13.4. The Kier molecular flexibility index (Phi) is 6.95. The largest absolute Gasteiger partial charge is 0.326 e. The predicted molar refractivity (Wildman–Crippen MR) is 84.7 cm³/mol. The van der Waals surface area contributed by atoms with Crippen molar-refractivity contribution in [1.29, 1.82) is 0 Å². The van der Waals surface area contributed by atoms with Gasteiger partial charge in [-0.1, -0.05) is 19.1 Å². The van der Waals surface area contributed by atoms with Crippen LogP contribution in [0.4, 0.5) is 5.69 Å². The average Bonchev–Trinajstić information content (AvgIpc) is 2.35. The highest BCUT2D eigenvalue weighted by atomic mass is 32.2. The molecule has 106 valence electrons. The van der Waals surface area contributed by atoms with Crippen molar-refractivity contribution in [3.8, 4) is 0 Å². The Hall–Kier alpha value is -1.00. The first-order chi connectivity index (χ1) is 9.02. The number of rotatable bonds is 7. The number of benzene rings is 1. The first-order valence-corrected chi connectivity index (χ1v) is 7.83. The number of hydrogen-bond acceptors (Lipinski definition) is 3. The highest BCUT2D eigenvalue weighted by molar-refractivity contribution is 7.99. The van der Waals surface area contributed by atoms with Crippen LogP contribution in [0.3, 0.4) is 0 Å². The van der Waals surface area contributed by atoms with E-state index in [0.717, 1.165) is 23.7 Å². The summed E-state index contributed by atoms with van der Waals surface area (Å²) < 4.78 is 0. The number of thioether (sulfide) groups is 1. The van der Waals surface area contributed by atoms with Crippen LogP contribution in [0, 0.1) is 0 Å². The Balaban J connectivity index is 2.58. The van der Waals surface area contributed by atoms with Crippen molar-refractivity contribution in [3.05, 3.63) is 29.8 Å². The molecule has 0 radical (unpaired) electrons. The van der Waals surface area contributed by atoms with Crippen LogP contribution in [-0.4, -0.2) is 35.4 Å². The Morgan fingerprint density at radius 2 is 2.21 bits per heavy atom. The van der Waals surface area contributed by atoms with Gasteiger partial charge in [0.1, 0.15) is 0 Å². The van der Waals surface area contributed by atoms with Crippen LogP contribution in [0.15, 0.2) is 24.3 Å². The molecule has 1 atom stereocenters. The Morgan fingerprint density at radius 1 is 1.47 bits per heavy atom. The van der Waals surface area contributed by atoms with Crippen LogP contribution >= 0.6 is 11.8 Å². The molecule has 0 unspecified atom stereocenters. The third-order valence-electron chi connectivity index (χ3n) is 2.99. The smallest absolute Gasteiger partial charge is 0.221 e. The Labute approximate surface area is 120 Å². The normalized spacial score (nSPS) is 12.5. The number of hydrogen-bond donors (Lipinski definition) is 1. The molecule has 0 heterocycles. The number of anilines is 1. The predicted octanol–water partition coefficient (Wildman–Crippen LogP) is 3.22. The maximum atomic E-state index is 11.0. The van der Waals surface area contributed by atoms with Crippen LogP contribution < -0.4 is 5.32 Å². The van der Waals surface area contributed by atoms with E-state index in [1.165, 1.54) is 12.5 Å². The molecule has 0 aliphatic rings. The van der Waals surface area contributed by atoms with Crippen LogP contribution in [-0.2, 0) is 11.3 Å². The molecule has 0 spiro atoms. The average molecular weight is 280 g/mol. The fourth-order valence-corrected chi connectivity index (χ4v) is 2.64. The van der Waals surface area contributed by atoms with Crippen LogP contribution in [0.1, 0.15) is 26.3 Å². The van der Waals surface area contributed by atoms with Crippen molar-refractivity contribution in [2.75, 3.05) is 23.9 Å². The van der Waals surface area contributed by atoms with E-state index in [0.29, 0.717) is 6.04 Å². The number of nitrogens with one attached hydrogen (secondary N) is 1. The summed E-state index contributed by atoms with van der Waals surface area (Å²) in [6.07, 6.45) is 0. The lowest BCUT2D eigenvalue weighted by atomic mass is 10.1. The first-order valence-electron chi connectivity index (χ1n) is 6.67. The topological polar surface area (TPSA) is 32.3 Å². The summed E-state index contributed by atoms with van der Waals surface area (Å²) in [5, 5.41) is 2.82. The van der Waals surface area contributed by atoms with Gasteiger partial charge in [0.25, 0.3) is 0 Å². The molecule has 0 aliphatic carbocycles. The van der Waals surface area contributed by atoms with Crippen molar-refractivity contribution in [1.82, 2.24) is 4.90 Å². The maximum absolute atomic E-state index is 11.0. The minimum absolute atomic E-state index is 0.0294. The second-order valence-electron chi connectivity index (χ2n) is 4.81. The van der Waals surface area contributed by atoms with E-state index in [9.17, 15) is 4.79 Å². The molecule has 0 aromatic heterocycles. The highest BCUT2D eigenvalue weighted by Gasteiger charge is 2.09. The summed E-state index contributed by atoms with van der Waals surface area (Å²) in [6.45, 7) is 6.87. The molecule has 1 rings (SSSR count). The third-order valence-corrected chi connectivity index (χ3v) is 4.12. The Morgan fingerprint density at radius 3 is 2.84 bits per heavy atom. The molecule has 1 N–H and O–H groups in total. The summed E-state index contributed by atoms with van der Waals surface area (Å²) in [7, 11) is 2.14. The molecule has 19 heavy (non-hydrogen) atoms. The monoisotopic (exact) mass is 280 g/mol. The van der Waals surface area contributed by atoms with Gasteiger partial charge in [-0.2, -0.15) is 11.8 Å². The van der Waals surface area contributed by atoms with Gasteiger partial charge < -0.3 is 5.32 Å². The third kappa shape index (κ3) is 6.12. The molecule has 1 aromatic rings. The van der Waals surface area contributed by atoms with Crippen molar-refractivity contribution >= 4 is 23.4 Å². The van der Waals surface area contributed by atoms with E-state index in [1.54, 1.807) is 0 Å². The van der Waals surface area contributed by atoms with Gasteiger partial charge in [0.2, 0.25) is 5.91 Å². The quantitative estimate of drug-likeness (QED) is 0.832. The lowest BCUT2D eigenvalue weighted by Gasteiger charge is -2.24. The molecule has 0 saturated heterocycles. The van der Waals surface area contributed by atoms with Gasteiger partial charge in [-0.3, -0.25) is 9.69 Å². The number of nitrogens with zero attached hydrogens (tertiary/aromatic N) is 1. The highest BCUT2D eigenvalue weighted by Crippen LogP contribution is 2.14. The van der Waals surface area contributed by atoms with E-state index in [4.69, 9.17) is 0 Å². The molecule has 0 saturated carbocycles. The van der Waals surface area contributed by atoms with Crippen molar-refractivity contribution < 1.29 is 4.79 Å². The lowest BCUT2D eigenvalue weighted by molar-refractivity contribution is -0.114. The zero-order valence-electron chi connectivity index (χ0n) is 12.3. The van der Waals surface area contributed by atoms with E-state index in [2.05, 4.69) is 37.2 Å². The van der Waals surface area contributed by atoms with Gasteiger partial charge in [0.05, 0.1) is 0 Å². The van der Waals surface area contributed by atoms with Gasteiger partial charge in [0, 0.05) is 31.0 Å². The fourth-order valence-electron chi connectivity index (χ4n) is 1.81. The van der Waals surface area contributed by atoms with E-state index < -0.39 is 0 Å². The number of carbonyl (C=O) groups excluding carboxylic acids is 1. The summed E-state index contributed by atoms with van der Waals surface area (Å²) >= 11 is 1.97. The standard InChI is InChI=1S/C15H24N2OS/c1-5-19-11-12(2)17(4)10-14-7-6-8-15(9-14)16-13(3)18/h6-9,12H,5,10-11H2,1-4H3,(H,16,18)/t12-/m0/s1. The fraction of sp³-hybridized carbons (Fsp3) is 0.533. The minimum atomic E-state index is -0.0294. The summed E-state index contributed by atoms with van der Waals surface area (Å²) in [5.74, 6) is 2.28. The second kappa shape index (κ2) is 8.23. The zero-order chi connectivity index (χ0) is 14.3. The van der Waals surface area contributed by atoms with Gasteiger partial charge in [-0.25, -0.2) is 0 Å². The van der Waals surface area contributed by atoms with Crippen LogP contribution in [0.2, 0.25) is 0 Å². The van der Waals surface area contributed by atoms with E-state index in [-0.39, 0.29) is 5.91 Å². The molecular weight excluding hydrogens is 256 g/mol. The molecule has 0 fully saturated rings. The first kappa shape index (κ1) is 16.1. The lowest BCUT2D eigenvalue weighted by Crippen LogP contribution is -2.30. The number of carbonyl (C=O) groups is 1.